The van der Waals surface area contributed by atoms with Crippen LogP contribution in [0.3, 0.4) is 0 Å². The number of rotatable bonds is 3. The third-order valence-electron chi connectivity index (χ3n) is 3.68. The van der Waals surface area contributed by atoms with Gasteiger partial charge in [-0.3, -0.25) is 4.79 Å². The van der Waals surface area contributed by atoms with E-state index in [0.717, 1.165) is 18.4 Å². The van der Waals surface area contributed by atoms with Gasteiger partial charge in [-0.05, 0) is 30.9 Å². The molecule has 1 saturated carbocycles. The molecule has 19 heavy (non-hydrogen) atoms. The lowest BCUT2D eigenvalue weighted by Crippen LogP contribution is -2.38. The molecule has 1 aliphatic carbocycles. The number of nitrogens with one attached hydrogen (secondary N) is 1. The van der Waals surface area contributed by atoms with Crippen LogP contribution in [0.2, 0.25) is 0 Å². The van der Waals surface area contributed by atoms with Crippen LogP contribution in [0.1, 0.15) is 48.5 Å². The largest absolute Gasteiger partial charge is 0.389 e. The normalized spacial score (nSPS) is 22.8. The molecular formula is C15H20N2OS. The minimum absolute atomic E-state index is 0.0304. The van der Waals surface area contributed by atoms with Crippen LogP contribution in [0, 0.1) is 5.92 Å². The molecule has 0 heterocycles. The van der Waals surface area contributed by atoms with Crippen LogP contribution in [0.5, 0.6) is 0 Å². The average molecular weight is 276 g/mol. The number of carbonyl (C=O) groups excluding carboxylic acids is 1. The fourth-order valence-corrected chi connectivity index (χ4v) is 2.77. The molecule has 102 valence electrons. The highest BCUT2D eigenvalue weighted by molar-refractivity contribution is 7.80. The maximum atomic E-state index is 12.2. The zero-order valence-electron chi connectivity index (χ0n) is 11.2. The SMILES string of the molecule is CC1CCCC(NC(=O)c2cccc(C(N)=S)c2)C1. The van der Waals surface area contributed by atoms with Gasteiger partial charge in [-0.2, -0.15) is 0 Å². The Morgan fingerprint density at radius 1 is 1.37 bits per heavy atom. The Bertz CT molecular complexity index is 487. The second kappa shape index (κ2) is 6.15. The van der Waals surface area contributed by atoms with Crippen molar-refractivity contribution in [3.8, 4) is 0 Å². The van der Waals surface area contributed by atoms with Crippen molar-refractivity contribution >= 4 is 23.1 Å². The van der Waals surface area contributed by atoms with Crippen molar-refractivity contribution in [3.05, 3.63) is 35.4 Å². The molecule has 2 unspecified atom stereocenters. The number of carbonyl (C=O) groups is 1. The minimum Gasteiger partial charge on any atom is -0.389 e. The summed E-state index contributed by atoms with van der Waals surface area (Å²) in [6, 6.07) is 7.48. The van der Waals surface area contributed by atoms with Crippen LogP contribution < -0.4 is 11.1 Å². The molecule has 0 aromatic heterocycles. The first-order valence-electron chi connectivity index (χ1n) is 6.77. The molecule has 2 atom stereocenters. The first kappa shape index (κ1) is 14.0. The van der Waals surface area contributed by atoms with Gasteiger partial charge in [0.15, 0.2) is 0 Å². The maximum absolute atomic E-state index is 12.2. The molecule has 1 fully saturated rings. The van der Waals surface area contributed by atoms with E-state index in [2.05, 4.69) is 12.2 Å². The third-order valence-corrected chi connectivity index (χ3v) is 3.92. The topological polar surface area (TPSA) is 55.1 Å². The van der Waals surface area contributed by atoms with E-state index in [4.69, 9.17) is 18.0 Å². The molecule has 3 nitrogen and oxygen atoms in total. The summed E-state index contributed by atoms with van der Waals surface area (Å²) in [4.78, 5) is 12.5. The molecule has 4 heteroatoms. The Labute approximate surface area is 119 Å². The van der Waals surface area contributed by atoms with Crippen molar-refractivity contribution in [1.82, 2.24) is 5.32 Å². The third kappa shape index (κ3) is 3.77. The summed E-state index contributed by atoms with van der Waals surface area (Å²) < 4.78 is 0. The van der Waals surface area contributed by atoms with Gasteiger partial charge < -0.3 is 11.1 Å². The summed E-state index contributed by atoms with van der Waals surface area (Å²) in [5, 5.41) is 3.11. The van der Waals surface area contributed by atoms with Crippen molar-refractivity contribution < 1.29 is 4.79 Å². The molecule has 1 aromatic carbocycles. The Balaban J connectivity index is 2.03. The van der Waals surface area contributed by atoms with Gasteiger partial charge in [-0.25, -0.2) is 0 Å². The Morgan fingerprint density at radius 2 is 2.11 bits per heavy atom. The van der Waals surface area contributed by atoms with Gasteiger partial charge in [-0.15, -0.1) is 0 Å². The average Bonchev–Trinajstić information content (AvgIpc) is 2.39. The zero-order valence-corrected chi connectivity index (χ0v) is 12.0. The number of hydrogen-bond donors (Lipinski definition) is 2. The van der Waals surface area contributed by atoms with Crippen LogP contribution in [0.25, 0.3) is 0 Å². The van der Waals surface area contributed by atoms with E-state index < -0.39 is 0 Å². The van der Waals surface area contributed by atoms with Crippen LogP contribution in [-0.4, -0.2) is 16.9 Å². The van der Waals surface area contributed by atoms with E-state index >= 15 is 0 Å². The highest BCUT2D eigenvalue weighted by Gasteiger charge is 2.20. The van der Waals surface area contributed by atoms with Gasteiger partial charge in [0.1, 0.15) is 4.99 Å². The van der Waals surface area contributed by atoms with E-state index in [9.17, 15) is 4.79 Å². The molecule has 0 aliphatic heterocycles. The standard InChI is InChI=1S/C15H20N2OS/c1-10-4-2-7-13(8-10)17-15(18)12-6-3-5-11(9-12)14(16)19/h3,5-6,9-10,13H,2,4,7-8H2,1H3,(H2,16,19)(H,17,18). The molecule has 1 amide bonds. The number of benzene rings is 1. The Morgan fingerprint density at radius 3 is 2.79 bits per heavy atom. The lowest BCUT2D eigenvalue weighted by atomic mass is 9.87. The smallest absolute Gasteiger partial charge is 0.251 e. The Kier molecular flexibility index (Phi) is 4.53. The fraction of sp³-hybridized carbons (Fsp3) is 0.467. The molecule has 0 radical (unpaired) electrons. The van der Waals surface area contributed by atoms with Crippen molar-refractivity contribution in [2.24, 2.45) is 11.7 Å². The van der Waals surface area contributed by atoms with Crippen molar-refractivity contribution in [2.75, 3.05) is 0 Å². The van der Waals surface area contributed by atoms with Crippen LogP contribution in [0.15, 0.2) is 24.3 Å². The van der Waals surface area contributed by atoms with Gasteiger partial charge in [0.25, 0.3) is 5.91 Å². The van der Waals surface area contributed by atoms with E-state index in [1.165, 1.54) is 12.8 Å². The van der Waals surface area contributed by atoms with Gasteiger partial charge in [-0.1, -0.05) is 44.1 Å². The van der Waals surface area contributed by atoms with Gasteiger partial charge >= 0.3 is 0 Å². The summed E-state index contributed by atoms with van der Waals surface area (Å²) >= 11 is 4.93. The summed E-state index contributed by atoms with van der Waals surface area (Å²) in [6.07, 6.45) is 4.61. The molecule has 0 saturated heterocycles. The lowest BCUT2D eigenvalue weighted by Gasteiger charge is -2.27. The van der Waals surface area contributed by atoms with Gasteiger partial charge in [0, 0.05) is 17.2 Å². The fourth-order valence-electron chi connectivity index (χ4n) is 2.65. The molecule has 2 rings (SSSR count). The van der Waals surface area contributed by atoms with Crippen LogP contribution in [0.4, 0.5) is 0 Å². The van der Waals surface area contributed by atoms with E-state index in [0.29, 0.717) is 22.5 Å². The summed E-state index contributed by atoms with van der Waals surface area (Å²) in [7, 11) is 0. The van der Waals surface area contributed by atoms with E-state index in [1.807, 2.05) is 12.1 Å². The monoisotopic (exact) mass is 276 g/mol. The number of nitrogens with two attached hydrogens (primary N) is 1. The summed E-state index contributed by atoms with van der Waals surface area (Å²) in [5.41, 5.74) is 6.95. The zero-order chi connectivity index (χ0) is 13.8. The molecule has 1 aromatic rings. The second-order valence-corrected chi connectivity index (χ2v) is 5.83. The summed E-state index contributed by atoms with van der Waals surface area (Å²) in [6.45, 7) is 2.24. The van der Waals surface area contributed by atoms with Crippen LogP contribution in [-0.2, 0) is 0 Å². The molecule has 3 N–H and O–H groups in total. The predicted octanol–water partition coefficient (Wildman–Crippen LogP) is 2.63. The summed E-state index contributed by atoms with van der Waals surface area (Å²) in [5.74, 6) is 0.666. The van der Waals surface area contributed by atoms with E-state index in [-0.39, 0.29) is 5.91 Å². The molecule has 1 aliphatic rings. The van der Waals surface area contributed by atoms with Gasteiger partial charge in [0.2, 0.25) is 0 Å². The highest BCUT2D eigenvalue weighted by atomic mass is 32.1. The van der Waals surface area contributed by atoms with Crippen molar-refractivity contribution in [2.45, 2.75) is 38.6 Å². The molecule has 0 bridgehead atoms. The first-order chi connectivity index (χ1) is 9.06. The van der Waals surface area contributed by atoms with Gasteiger partial charge in [0.05, 0.1) is 0 Å². The van der Waals surface area contributed by atoms with Crippen LogP contribution >= 0.6 is 12.2 Å². The maximum Gasteiger partial charge on any atom is 0.251 e. The quantitative estimate of drug-likeness (QED) is 0.834. The molecular weight excluding hydrogens is 256 g/mol. The highest BCUT2D eigenvalue weighted by Crippen LogP contribution is 2.23. The lowest BCUT2D eigenvalue weighted by molar-refractivity contribution is 0.0921. The molecule has 0 spiro atoms. The number of amides is 1. The van der Waals surface area contributed by atoms with Crippen molar-refractivity contribution in [1.29, 1.82) is 0 Å². The van der Waals surface area contributed by atoms with Crippen molar-refractivity contribution in [3.63, 3.8) is 0 Å². The van der Waals surface area contributed by atoms with E-state index in [1.54, 1.807) is 12.1 Å². The number of thiocarbonyl (C=S) groups is 1. The first-order valence-corrected chi connectivity index (χ1v) is 7.18. The number of hydrogen-bond acceptors (Lipinski definition) is 2. The predicted molar refractivity (Wildman–Crippen MR) is 81.2 cm³/mol. The minimum atomic E-state index is -0.0304. The Hall–Kier alpha value is -1.42. The second-order valence-electron chi connectivity index (χ2n) is 5.39.